The first kappa shape index (κ1) is 43.3. The minimum absolute atomic E-state index is 0.0974. The minimum Gasteiger partial charge on any atom is -0.508 e. The van der Waals surface area contributed by atoms with E-state index in [0.29, 0.717) is 24.3 Å². The smallest absolute Gasteiger partial charge is 0.490 e. The molecule has 0 aromatic heterocycles. The number of carbonyl (C=O) groups is 4. The van der Waals surface area contributed by atoms with Gasteiger partial charge >= 0.3 is 24.1 Å². The molecule has 12 nitrogen and oxygen atoms in total. The second-order valence-corrected chi connectivity index (χ2v) is 13.8. The number of hydrogen-bond acceptors (Lipinski definition) is 8. The third kappa shape index (κ3) is 13.6. The zero-order valence-corrected chi connectivity index (χ0v) is 31.6. The fourth-order valence-corrected chi connectivity index (χ4v) is 6.35. The molecule has 6 N–H and O–H groups in total. The second kappa shape index (κ2) is 20.5. The number of aliphatic carboxylic acids is 1. The number of esters is 1. The molecule has 308 valence electrons. The monoisotopic (exact) mass is 812 g/mol. The molecule has 5 aromatic carbocycles. The van der Waals surface area contributed by atoms with E-state index in [1.807, 2.05) is 72.8 Å². The first-order chi connectivity index (χ1) is 28.2. The fraction of sp³-hybridized carbons (Fsp3) is 0.227. The molecule has 1 fully saturated rings. The molecule has 2 atom stereocenters. The van der Waals surface area contributed by atoms with Crippen LogP contribution in [0.15, 0.2) is 133 Å². The predicted molar refractivity (Wildman–Crippen MR) is 213 cm³/mol. The Morgan fingerprint density at radius 3 is 1.80 bits per heavy atom. The van der Waals surface area contributed by atoms with Crippen LogP contribution in [0.4, 0.5) is 23.7 Å². The summed E-state index contributed by atoms with van der Waals surface area (Å²) in [6.45, 7) is 2.31. The number of ether oxygens (including phenoxy) is 1. The van der Waals surface area contributed by atoms with E-state index in [0.717, 1.165) is 35.2 Å². The lowest BCUT2D eigenvalue weighted by atomic mass is 9.92. The Bertz CT molecular complexity index is 2100. The highest BCUT2D eigenvalue weighted by atomic mass is 19.4. The number of nitrogens with one attached hydrogen (secondary N) is 3. The molecule has 1 unspecified atom stereocenters. The minimum atomic E-state index is -5.08. The highest BCUT2D eigenvalue weighted by Gasteiger charge is 2.38. The number of hydrogen-bond donors (Lipinski definition) is 6. The molecule has 0 radical (unpaired) electrons. The second-order valence-electron chi connectivity index (χ2n) is 13.8. The van der Waals surface area contributed by atoms with E-state index >= 15 is 0 Å². The topological polar surface area (TPSA) is 178 Å². The Labute approximate surface area is 338 Å². The Kier molecular flexibility index (Phi) is 15.0. The summed E-state index contributed by atoms with van der Waals surface area (Å²) in [7, 11) is 0. The van der Waals surface area contributed by atoms with Crippen molar-refractivity contribution in [3.63, 3.8) is 0 Å². The summed E-state index contributed by atoms with van der Waals surface area (Å²) in [6.07, 6.45) is -4.11. The van der Waals surface area contributed by atoms with Crippen LogP contribution in [0.5, 0.6) is 11.5 Å². The van der Waals surface area contributed by atoms with Gasteiger partial charge in [0.15, 0.2) is 0 Å². The maximum atomic E-state index is 13.6. The lowest BCUT2D eigenvalue weighted by Crippen LogP contribution is -2.52. The number of phenols is 2. The SMILES string of the molecule is O=C(Nc1ccc(C(=O)OCC(c2ccccc2)c2ccccc2)cc1)N[C@@H](Cc1ccc(O)cc1)C(=O)NC1CCN(Cc2ccc(O)cc2)C1.O=C(O)C(F)(F)F. The van der Waals surface area contributed by atoms with E-state index in [1.165, 1.54) is 0 Å². The van der Waals surface area contributed by atoms with Crippen molar-refractivity contribution >= 4 is 29.6 Å². The van der Waals surface area contributed by atoms with Crippen LogP contribution in [0, 0.1) is 0 Å². The van der Waals surface area contributed by atoms with Crippen molar-refractivity contribution in [3.05, 3.63) is 161 Å². The molecule has 3 amide bonds. The van der Waals surface area contributed by atoms with E-state index < -0.39 is 30.2 Å². The molecule has 1 aliphatic heterocycles. The van der Waals surface area contributed by atoms with Gasteiger partial charge in [-0.15, -0.1) is 0 Å². The summed E-state index contributed by atoms with van der Waals surface area (Å²) >= 11 is 0. The van der Waals surface area contributed by atoms with Crippen LogP contribution in [-0.4, -0.2) is 82.1 Å². The van der Waals surface area contributed by atoms with E-state index in [1.54, 1.807) is 60.7 Å². The molecular weight excluding hydrogens is 769 g/mol. The van der Waals surface area contributed by atoms with Crippen LogP contribution >= 0.6 is 0 Å². The van der Waals surface area contributed by atoms with Gasteiger partial charge in [-0.05, 0) is 77.2 Å². The van der Waals surface area contributed by atoms with Crippen LogP contribution in [0.25, 0.3) is 0 Å². The number of carbonyl (C=O) groups excluding carboxylic acids is 3. The van der Waals surface area contributed by atoms with Gasteiger partial charge in [0.2, 0.25) is 5.91 Å². The van der Waals surface area contributed by atoms with Gasteiger partial charge in [0.1, 0.15) is 24.1 Å². The van der Waals surface area contributed by atoms with Crippen molar-refractivity contribution in [3.8, 4) is 11.5 Å². The molecular formula is C44H43F3N4O8. The number of likely N-dealkylation sites (tertiary alicyclic amines) is 1. The van der Waals surface area contributed by atoms with E-state index in [2.05, 4.69) is 20.9 Å². The van der Waals surface area contributed by atoms with Crippen LogP contribution in [0.2, 0.25) is 0 Å². The molecule has 0 aliphatic carbocycles. The number of amides is 3. The van der Waals surface area contributed by atoms with Crippen molar-refractivity contribution in [2.75, 3.05) is 25.0 Å². The molecule has 1 saturated heterocycles. The average Bonchev–Trinajstić information content (AvgIpc) is 3.66. The van der Waals surface area contributed by atoms with Gasteiger partial charge in [0.25, 0.3) is 0 Å². The lowest BCUT2D eigenvalue weighted by Gasteiger charge is -2.22. The van der Waals surface area contributed by atoms with Crippen molar-refractivity contribution in [2.45, 2.75) is 43.6 Å². The number of carboxylic acid groups (broad SMARTS) is 1. The molecule has 1 aliphatic rings. The maximum Gasteiger partial charge on any atom is 0.490 e. The molecule has 15 heteroatoms. The first-order valence-electron chi connectivity index (χ1n) is 18.6. The predicted octanol–water partition coefficient (Wildman–Crippen LogP) is 6.84. The third-order valence-electron chi connectivity index (χ3n) is 9.37. The van der Waals surface area contributed by atoms with Crippen LogP contribution in [-0.2, 0) is 27.3 Å². The van der Waals surface area contributed by atoms with Crippen LogP contribution in [0.1, 0.15) is 45.0 Å². The Morgan fingerprint density at radius 2 is 1.27 bits per heavy atom. The summed E-state index contributed by atoms with van der Waals surface area (Å²) in [5.74, 6) is -3.35. The number of phenolic OH excluding ortho intramolecular Hbond substituents is 2. The van der Waals surface area contributed by atoms with Gasteiger partial charge in [0, 0.05) is 43.7 Å². The number of alkyl halides is 3. The molecule has 5 aromatic rings. The van der Waals surface area contributed by atoms with Crippen molar-refractivity contribution < 1.29 is 52.4 Å². The number of carboxylic acids is 1. The van der Waals surface area contributed by atoms with Crippen LogP contribution in [0.3, 0.4) is 0 Å². The zero-order valence-electron chi connectivity index (χ0n) is 31.6. The van der Waals surface area contributed by atoms with Crippen molar-refractivity contribution in [2.24, 2.45) is 0 Å². The van der Waals surface area contributed by atoms with Crippen molar-refractivity contribution in [1.29, 1.82) is 0 Å². The highest BCUT2D eigenvalue weighted by molar-refractivity contribution is 5.95. The van der Waals surface area contributed by atoms with Crippen molar-refractivity contribution in [1.82, 2.24) is 15.5 Å². The average molecular weight is 813 g/mol. The maximum absolute atomic E-state index is 13.6. The Morgan fingerprint density at radius 1 is 0.746 bits per heavy atom. The highest BCUT2D eigenvalue weighted by Crippen LogP contribution is 2.26. The zero-order chi connectivity index (χ0) is 42.4. The Balaban J connectivity index is 0.000000867. The number of halogens is 3. The number of urea groups is 1. The van der Waals surface area contributed by atoms with E-state index in [9.17, 15) is 37.8 Å². The van der Waals surface area contributed by atoms with Gasteiger partial charge in [-0.25, -0.2) is 14.4 Å². The summed E-state index contributed by atoms with van der Waals surface area (Å²) in [5.41, 5.74) is 4.69. The quantitative estimate of drug-likeness (QED) is 0.0695. The summed E-state index contributed by atoms with van der Waals surface area (Å²) in [6, 6.07) is 38.2. The molecule has 59 heavy (non-hydrogen) atoms. The number of rotatable bonds is 13. The summed E-state index contributed by atoms with van der Waals surface area (Å²) in [5, 5.41) is 35.1. The summed E-state index contributed by atoms with van der Waals surface area (Å²) in [4.78, 5) is 50.9. The van der Waals surface area contributed by atoms with E-state index in [-0.39, 0.29) is 42.4 Å². The first-order valence-corrected chi connectivity index (χ1v) is 18.6. The van der Waals surface area contributed by atoms with Gasteiger partial charge in [-0.3, -0.25) is 9.69 Å². The van der Waals surface area contributed by atoms with E-state index in [4.69, 9.17) is 14.6 Å². The normalized spacial score (nSPS) is 14.3. The molecule has 1 heterocycles. The fourth-order valence-electron chi connectivity index (χ4n) is 6.35. The van der Waals surface area contributed by atoms with Gasteiger partial charge in [-0.2, -0.15) is 13.2 Å². The number of aromatic hydroxyl groups is 2. The Hall–Kier alpha value is -6.87. The number of nitrogens with zero attached hydrogens (tertiary/aromatic N) is 1. The summed E-state index contributed by atoms with van der Waals surface area (Å²) < 4.78 is 37.5. The van der Waals surface area contributed by atoms with Gasteiger partial charge in [-0.1, -0.05) is 84.9 Å². The standard InChI is InChI=1S/C42H42N4O6.C2HF3O2/c47-36-19-11-29(12-20-36)25-39(40(49)43-35-23-24-46(27-35)26-30-13-21-37(48)22-14-30)45-42(51)44-34-17-15-33(16-18-34)41(50)52-28-38(31-7-3-1-4-8-31)32-9-5-2-6-10-32;3-2(4,5)1(6)7/h1-22,35,38-39,47-48H,23-28H2,(H,43,49)(H2,44,45,51);(H,6,7)/t35?,39-;/m0./s1. The largest absolute Gasteiger partial charge is 0.508 e. The van der Waals surface area contributed by atoms with Gasteiger partial charge in [0.05, 0.1) is 5.56 Å². The number of benzene rings is 5. The molecule has 6 rings (SSSR count). The van der Waals surface area contributed by atoms with Crippen LogP contribution < -0.4 is 16.0 Å². The third-order valence-corrected chi connectivity index (χ3v) is 9.37. The number of anilines is 1. The molecule has 0 saturated carbocycles. The van der Waals surface area contributed by atoms with Gasteiger partial charge < -0.3 is 36.0 Å². The molecule has 0 spiro atoms. The molecule has 0 bridgehead atoms. The lowest BCUT2D eigenvalue weighted by molar-refractivity contribution is -0.192.